The molecule has 0 aliphatic heterocycles. The lowest BCUT2D eigenvalue weighted by molar-refractivity contribution is -0.167. The summed E-state index contributed by atoms with van der Waals surface area (Å²) in [6, 6.07) is 0. The van der Waals surface area contributed by atoms with Crippen molar-refractivity contribution in [1.82, 2.24) is 0 Å². The van der Waals surface area contributed by atoms with Gasteiger partial charge in [-0.3, -0.25) is 14.4 Å². The first-order valence-corrected chi connectivity index (χ1v) is 27.1. The second-order valence-electron chi connectivity index (χ2n) is 18.1. The third kappa shape index (κ3) is 50.2. The van der Waals surface area contributed by atoms with Crippen LogP contribution in [0.15, 0.2) is 48.6 Å². The van der Waals surface area contributed by atoms with Crippen LogP contribution in [0.1, 0.15) is 278 Å². The smallest absolute Gasteiger partial charge is 0.306 e. The number of carbonyl (C=O) groups excluding carboxylic acids is 3. The van der Waals surface area contributed by atoms with Gasteiger partial charge in [0.2, 0.25) is 0 Å². The average molecular weight is 883 g/mol. The molecule has 0 spiro atoms. The molecule has 0 bridgehead atoms. The summed E-state index contributed by atoms with van der Waals surface area (Å²) in [6.07, 6.45) is 63.0. The van der Waals surface area contributed by atoms with Gasteiger partial charge in [-0.05, 0) is 77.0 Å². The molecule has 0 aromatic rings. The Labute approximate surface area is 390 Å². The molecule has 6 heteroatoms. The Bertz CT molecular complexity index is 1110. The van der Waals surface area contributed by atoms with Crippen molar-refractivity contribution in [2.24, 2.45) is 0 Å². The van der Waals surface area contributed by atoms with Gasteiger partial charge >= 0.3 is 17.9 Å². The zero-order valence-corrected chi connectivity index (χ0v) is 41.8. The van der Waals surface area contributed by atoms with Crippen molar-refractivity contribution in [2.75, 3.05) is 13.2 Å². The summed E-state index contributed by atoms with van der Waals surface area (Å²) in [5.74, 6) is -0.900. The Morgan fingerprint density at radius 3 is 0.937 bits per heavy atom. The minimum atomic E-state index is -0.774. The molecular weight excluding hydrogens is 781 g/mol. The van der Waals surface area contributed by atoms with Gasteiger partial charge in [-0.2, -0.15) is 0 Å². The quantitative estimate of drug-likeness (QED) is 0.0262. The second kappa shape index (κ2) is 52.0. The highest BCUT2D eigenvalue weighted by Gasteiger charge is 2.19. The van der Waals surface area contributed by atoms with Gasteiger partial charge in [0.05, 0.1) is 0 Å². The van der Waals surface area contributed by atoms with Gasteiger partial charge in [0, 0.05) is 19.3 Å². The summed E-state index contributed by atoms with van der Waals surface area (Å²) >= 11 is 0. The molecule has 1 unspecified atom stereocenters. The highest BCUT2D eigenvalue weighted by molar-refractivity contribution is 5.71. The minimum absolute atomic E-state index is 0.0775. The molecule has 0 heterocycles. The number of unbranched alkanes of at least 4 members (excludes halogenated alkanes) is 30. The Hall–Kier alpha value is -2.63. The number of allylic oxidation sites excluding steroid dienone is 8. The minimum Gasteiger partial charge on any atom is -0.462 e. The van der Waals surface area contributed by atoms with Crippen LogP contribution in [0.5, 0.6) is 0 Å². The van der Waals surface area contributed by atoms with Gasteiger partial charge < -0.3 is 14.2 Å². The van der Waals surface area contributed by atoms with Crippen LogP contribution >= 0.6 is 0 Å². The van der Waals surface area contributed by atoms with E-state index in [2.05, 4.69) is 69.4 Å². The van der Waals surface area contributed by atoms with Crippen LogP contribution in [0.2, 0.25) is 0 Å². The monoisotopic (exact) mass is 883 g/mol. The molecule has 0 aromatic heterocycles. The van der Waals surface area contributed by atoms with E-state index in [0.29, 0.717) is 19.3 Å². The summed E-state index contributed by atoms with van der Waals surface area (Å²) in [5, 5.41) is 0. The van der Waals surface area contributed by atoms with Crippen molar-refractivity contribution >= 4 is 17.9 Å². The van der Waals surface area contributed by atoms with E-state index in [0.717, 1.165) is 103 Å². The molecule has 0 saturated carbocycles. The maximum Gasteiger partial charge on any atom is 0.306 e. The van der Waals surface area contributed by atoms with Crippen molar-refractivity contribution in [3.05, 3.63) is 48.6 Å². The summed E-state index contributed by atoms with van der Waals surface area (Å²) in [4.78, 5) is 37.6. The molecule has 0 amide bonds. The lowest BCUT2D eigenvalue weighted by Crippen LogP contribution is -2.30. The highest BCUT2D eigenvalue weighted by Crippen LogP contribution is 2.16. The summed E-state index contributed by atoms with van der Waals surface area (Å²) in [7, 11) is 0. The Balaban J connectivity index is 4.00. The van der Waals surface area contributed by atoms with Crippen LogP contribution in [0.3, 0.4) is 0 Å². The standard InChI is InChI=1S/C57H102O6/c1-4-7-10-13-15-17-19-21-22-23-24-25-26-27-28-29-30-31-32-33-34-36-37-39-41-44-47-50-56(59)62-53-54(52-61-55(58)49-46-43-12-9-6-3)63-57(60)51-48-45-42-40-38-35-20-18-16-14-11-8-5-2/h11,14,18-21,23-24,54H,4-10,12-13,15-17,22,25-53H2,1-3H3/b14-11-,20-18-,21-19-,24-23-. The van der Waals surface area contributed by atoms with Crippen molar-refractivity contribution in [2.45, 2.75) is 284 Å². The molecule has 0 rings (SSSR count). The van der Waals surface area contributed by atoms with Gasteiger partial charge in [0.1, 0.15) is 13.2 Å². The fourth-order valence-corrected chi connectivity index (χ4v) is 7.69. The highest BCUT2D eigenvalue weighted by atomic mass is 16.6. The first-order chi connectivity index (χ1) is 31.0. The Kier molecular flexibility index (Phi) is 49.8. The number of esters is 3. The molecule has 0 saturated heterocycles. The summed E-state index contributed by atoms with van der Waals surface area (Å²) in [5.41, 5.74) is 0. The first kappa shape index (κ1) is 60.4. The molecule has 0 aliphatic rings. The molecular formula is C57H102O6. The molecule has 366 valence electrons. The van der Waals surface area contributed by atoms with Crippen molar-refractivity contribution in [1.29, 1.82) is 0 Å². The SMILES string of the molecule is CCC/C=C\C/C=C\CCCCCCCC(=O)OC(COC(=O)CCCCCCC)COC(=O)CCCCCCCCCCCCCCCCC/C=C\C/C=C\CCCCCCC. The van der Waals surface area contributed by atoms with E-state index >= 15 is 0 Å². The molecule has 1 atom stereocenters. The van der Waals surface area contributed by atoms with Crippen LogP contribution in [0.4, 0.5) is 0 Å². The molecule has 63 heavy (non-hydrogen) atoms. The van der Waals surface area contributed by atoms with E-state index in [1.807, 2.05) is 0 Å². The molecule has 0 fully saturated rings. The van der Waals surface area contributed by atoms with Gasteiger partial charge in [0.25, 0.3) is 0 Å². The maximum atomic E-state index is 12.7. The van der Waals surface area contributed by atoms with Crippen LogP contribution in [-0.2, 0) is 28.6 Å². The topological polar surface area (TPSA) is 78.9 Å². The van der Waals surface area contributed by atoms with E-state index < -0.39 is 6.10 Å². The fraction of sp³-hybridized carbons (Fsp3) is 0.807. The van der Waals surface area contributed by atoms with E-state index in [1.54, 1.807) is 0 Å². The predicted molar refractivity (Wildman–Crippen MR) is 270 cm³/mol. The number of ether oxygens (including phenoxy) is 3. The van der Waals surface area contributed by atoms with E-state index in [4.69, 9.17) is 14.2 Å². The number of carbonyl (C=O) groups is 3. The average Bonchev–Trinajstić information content (AvgIpc) is 3.28. The molecule has 0 radical (unpaired) electrons. The van der Waals surface area contributed by atoms with Gasteiger partial charge in [-0.15, -0.1) is 0 Å². The summed E-state index contributed by atoms with van der Waals surface area (Å²) < 4.78 is 16.7. The van der Waals surface area contributed by atoms with E-state index in [9.17, 15) is 14.4 Å². The van der Waals surface area contributed by atoms with E-state index in [-0.39, 0.29) is 31.1 Å². The maximum absolute atomic E-state index is 12.7. The Morgan fingerprint density at radius 2 is 0.603 bits per heavy atom. The lowest BCUT2D eigenvalue weighted by atomic mass is 10.0. The summed E-state index contributed by atoms with van der Waals surface area (Å²) in [6.45, 7) is 6.48. The fourth-order valence-electron chi connectivity index (χ4n) is 7.69. The van der Waals surface area contributed by atoms with Crippen molar-refractivity contribution in [3.8, 4) is 0 Å². The molecule has 0 N–H and O–H groups in total. The lowest BCUT2D eigenvalue weighted by Gasteiger charge is -2.18. The van der Waals surface area contributed by atoms with Gasteiger partial charge in [-0.25, -0.2) is 0 Å². The molecule has 0 aromatic carbocycles. The number of rotatable bonds is 49. The first-order valence-electron chi connectivity index (χ1n) is 27.1. The van der Waals surface area contributed by atoms with Crippen LogP contribution in [0.25, 0.3) is 0 Å². The number of hydrogen-bond acceptors (Lipinski definition) is 6. The van der Waals surface area contributed by atoms with Crippen LogP contribution in [0, 0.1) is 0 Å². The third-order valence-electron chi connectivity index (χ3n) is 11.8. The predicted octanol–water partition coefficient (Wildman–Crippen LogP) is 17.9. The molecule has 0 aliphatic carbocycles. The zero-order valence-electron chi connectivity index (χ0n) is 41.8. The third-order valence-corrected chi connectivity index (χ3v) is 11.8. The van der Waals surface area contributed by atoms with Crippen LogP contribution < -0.4 is 0 Å². The Morgan fingerprint density at radius 1 is 0.317 bits per heavy atom. The van der Waals surface area contributed by atoms with Gasteiger partial charge in [0.15, 0.2) is 6.10 Å². The van der Waals surface area contributed by atoms with E-state index in [1.165, 1.54) is 135 Å². The molecule has 6 nitrogen and oxygen atoms in total. The van der Waals surface area contributed by atoms with Gasteiger partial charge in [-0.1, -0.05) is 230 Å². The zero-order chi connectivity index (χ0) is 45.8. The van der Waals surface area contributed by atoms with Crippen molar-refractivity contribution < 1.29 is 28.6 Å². The second-order valence-corrected chi connectivity index (χ2v) is 18.1. The van der Waals surface area contributed by atoms with Crippen molar-refractivity contribution in [3.63, 3.8) is 0 Å². The number of hydrogen-bond donors (Lipinski definition) is 0. The largest absolute Gasteiger partial charge is 0.462 e. The van der Waals surface area contributed by atoms with Crippen LogP contribution in [-0.4, -0.2) is 37.2 Å². The normalized spacial score (nSPS) is 12.4.